The summed E-state index contributed by atoms with van der Waals surface area (Å²) in [5, 5.41) is 23.6. The van der Waals surface area contributed by atoms with E-state index >= 15 is 0 Å². The summed E-state index contributed by atoms with van der Waals surface area (Å²) < 4.78 is 9.46. The lowest BCUT2D eigenvalue weighted by molar-refractivity contribution is -0.137. The predicted octanol–water partition coefficient (Wildman–Crippen LogP) is 3.76. The van der Waals surface area contributed by atoms with Crippen molar-refractivity contribution in [3.8, 4) is 5.75 Å². The van der Waals surface area contributed by atoms with Crippen molar-refractivity contribution >= 4 is 33.6 Å². The van der Waals surface area contributed by atoms with Gasteiger partial charge in [0.05, 0.1) is 42.2 Å². The van der Waals surface area contributed by atoms with Crippen LogP contribution in [0.3, 0.4) is 0 Å². The zero-order chi connectivity index (χ0) is 25.4. The number of benzene rings is 1. The first-order chi connectivity index (χ1) is 18.0. The van der Waals surface area contributed by atoms with Crippen molar-refractivity contribution in [1.29, 1.82) is 0 Å². The van der Waals surface area contributed by atoms with E-state index < -0.39 is 12.0 Å². The van der Waals surface area contributed by atoms with Crippen LogP contribution in [0.5, 0.6) is 5.75 Å². The van der Waals surface area contributed by atoms with Crippen molar-refractivity contribution < 1.29 is 14.6 Å². The Morgan fingerprint density at radius 2 is 2.11 bits per heavy atom. The SMILES string of the molecule is Cn1cc2cc(C(CC(=O)O)n3ncc4cc(OCCc5ccc6c(n5)CCCN6)ccc43)cnc2n1. The first-order valence-electron chi connectivity index (χ1n) is 12.4. The van der Waals surface area contributed by atoms with Crippen molar-refractivity contribution in [1.82, 2.24) is 29.5 Å². The molecule has 0 spiro atoms. The van der Waals surface area contributed by atoms with Crippen LogP contribution in [-0.2, 0) is 24.7 Å². The highest BCUT2D eigenvalue weighted by atomic mass is 16.5. The van der Waals surface area contributed by atoms with E-state index in [2.05, 4.69) is 26.6 Å². The molecule has 1 unspecified atom stereocenters. The first-order valence-corrected chi connectivity index (χ1v) is 12.4. The molecule has 10 nitrogen and oxygen atoms in total. The Bertz CT molecular complexity index is 1610. The molecule has 1 aromatic carbocycles. The Hall–Kier alpha value is -4.47. The third-order valence-corrected chi connectivity index (χ3v) is 6.67. The number of anilines is 1. The number of ether oxygens (including phenoxy) is 1. The number of aryl methyl sites for hydroxylation is 2. The Morgan fingerprint density at radius 1 is 1.19 bits per heavy atom. The van der Waals surface area contributed by atoms with Crippen LogP contribution in [0.25, 0.3) is 21.9 Å². The molecule has 0 fully saturated rings. The van der Waals surface area contributed by atoms with Crippen LogP contribution in [0.15, 0.2) is 55.0 Å². The standard InChI is InChI=1S/C27H27N7O3/c1-33-16-19-11-17(14-29-27(19)32-33)25(13-26(35)36)34-24-7-5-21(12-18(24)15-30-34)37-10-8-20-4-6-22-23(31-20)3-2-9-28-22/h4-7,11-12,14-16,25,28H,2-3,8-10,13H2,1H3,(H,35,36). The van der Waals surface area contributed by atoms with Crippen LogP contribution >= 0.6 is 0 Å². The molecule has 188 valence electrons. The van der Waals surface area contributed by atoms with E-state index in [0.717, 1.165) is 70.5 Å². The maximum atomic E-state index is 11.7. The van der Waals surface area contributed by atoms with Crippen molar-refractivity contribution in [3.63, 3.8) is 0 Å². The summed E-state index contributed by atoms with van der Waals surface area (Å²) in [5.74, 6) is -0.175. The maximum absolute atomic E-state index is 11.7. The third kappa shape index (κ3) is 4.69. The van der Waals surface area contributed by atoms with Crippen LogP contribution < -0.4 is 10.1 Å². The lowest BCUT2D eigenvalue weighted by atomic mass is 10.0. The number of aromatic nitrogens is 6. The van der Waals surface area contributed by atoms with E-state index in [4.69, 9.17) is 9.72 Å². The van der Waals surface area contributed by atoms with Gasteiger partial charge in [0.15, 0.2) is 5.65 Å². The highest BCUT2D eigenvalue weighted by Crippen LogP contribution is 2.29. The van der Waals surface area contributed by atoms with Gasteiger partial charge in [-0.15, -0.1) is 0 Å². The number of carboxylic acids is 1. The number of nitrogens with zero attached hydrogens (tertiary/aromatic N) is 6. The highest BCUT2D eigenvalue weighted by Gasteiger charge is 2.22. The lowest BCUT2D eigenvalue weighted by Gasteiger charge is -2.18. The fraction of sp³-hybridized carbons (Fsp3) is 0.296. The molecular formula is C27H27N7O3. The number of fused-ring (bicyclic) bond motifs is 3. The van der Waals surface area contributed by atoms with Crippen LogP contribution in [-0.4, -0.2) is 53.8 Å². The Labute approximate surface area is 212 Å². The lowest BCUT2D eigenvalue weighted by Crippen LogP contribution is -2.16. The minimum absolute atomic E-state index is 0.119. The van der Waals surface area contributed by atoms with E-state index in [0.29, 0.717) is 12.3 Å². The molecule has 1 aliphatic heterocycles. The molecule has 10 heteroatoms. The monoisotopic (exact) mass is 497 g/mol. The Balaban J connectivity index is 1.21. The normalized spacial score (nSPS) is 13.9. The molecule has 1 atom stereocenters. The summed E-state index contributed by atoms with van der Waals surface area (Å²) in [4.78, 5) is 20.9. The van der Waals surface area contributed by atoms with Gasteiger partial charge in [-0.2, -0.15) is 10.2 Å². The number of hydrogen-bond donors (Lipinski definition) is 2. The number of carbonyl (C=O) groups is 1. The molecule has 5 heterocycles. The average Bonchev–Trinajstić information content (AvgIpc) is 3.48. The summed E-state index contributed by atoms with van der Waals surface area (Å²) in [6.45, 7) is 1.52. The molecular weight excluding hydrogens is 470 g/mol. The minimum Gasteiger partial charge on any atom is -0.493 e. The third-order valence-electron chi connectivity index (χ3n) is 6.67. The summed E-state index contributed by atoms with van der Waals surface area (Å²) in [7, 11) is 1.83. The van der Waals surface area contributed by atoms with Crippen molar-refractivity contribution in [2.75, 3.05) is 18.5 Å². The Kier molecular flexibility index (Phi) is 5.91. The smallest absolute Gasteiger partial charge is 0.305 e. The van der Waals surface area contributed by atoms with Gasteiger partial charge in [0, 0.05) is 48.9 Å². The van der Waals surface area contributed by atoms with Crippen LogP contribution in [0.1, 0.15) is 35.8 Å². The van der Waals surface area contributed by atoms with E-state index in [-0.39, 0.29) is 6.42 Å². The molecule has 37 heavy (non-hydrogen) atoms. The summed E-state index contributed by atoms with van der Waals surface area (Å²) in [5.41, 5.74) is 5.50. The van der Waals surface area contributed by atoms with Crippen molar-refractivity contribution in [3.05, 3.63) is 71.9 Å². The van der Waals surface area contributed by atoms with Gasteiger partial charge in [0.1, 0.15) is 5.75 Å². The average molecular weight is 498 g/mol. The largest absolute Gasteiger partial charge is 0.493 e. The molecule has 0 radical (unpaired) electrons. The quantitative estimate of drug-likeness (QED) is 0.333. The topological polar surface area (TPSA) is 120 Å². The zero-order valence-corrected chi connectivity index (χ0v) is 20.5. The summed E-state index contributed by atoms with van der Waals surface area (Å²) in [6, 6.07) is 11.3. The molecule has 6 rings (SSSR count). The first kappa shape index (κ1) is 23.0. The predicted molar refractivity (Wildman–Crippen MR) is 139 cm³/mol. The number of pyridine rings is 2. The number of nitrogens with one attached hydrogen (secondary N) is 1. The Morgan fingerprint density at radius 3 is 3.00 bits per heavy atom. The maximum Gasteiger partial charge on any atom is 0.305 e. The van der Waals surface area contributed by atoms with Crippen LogP contribution in [0, 0.1) is 0 Å². The second-order valence-corrected chi connectivity index (χ2v) is 9.33. The zero-order valence-electron chi connectivity index (χ0n) is 20.5. The molecule has 5 aromatic rings. The van der Waals surface area contributed by atoms with Crippen molar-refractivity contribution in [2.24, 2.45) is 7.05 Å². The number of aliphatic carboxylic acids is 1. The van der Waals surface area contributed by atoms with Gasteiger partial charge in [-0.3, -0.25) is 19.1 Å². The fourth-order valence-electron chi connectivity index (χ4n) is 4.90. The second-order valence-electron chi connectivity index (χ2n) is 9.33. The van der Waals surface area contributed by atoms with Gasteiger partial charge >= 0.3 is 5.97 Å². The molecule has 0 aliphatic carbocycles. The summed E-state index contributed by atoms with van der Waals surface area (Å²) in [6.07, 6.45) is 8.00. The number of rotatable bonds is 8. The van der Waals surface area contributed by atoms with Gasteiger partial charge < -0.3 is 15.2 Å². The highest BCUT2D eigenvalue weighted by molar-refractivity contribution is 5.81. The summed E-state index contributed by atoms with van der Waals surface area (Å²) >= 11 is 0. The van der Waals surface area contributed by atoms with E-state index in [1.54, 1.807) is 21.8 Å². The minimum atomic E-state index is -0.911. The van der Waals surface area contributed by atoms with E-state index in [1.165, 1.54) is 0 Å². The molecule has 0 saturated heterocycles. The van der Waals surface area contributed by atoms with Crippen molar-refractivity contribution in [2.45, 2.75) is 31.7 Å². The number of hydrogen-bond acceptors (Lipinski definition) is 7. The molecule has 0 amide bonds. The van der Waals surface area contributed by atoms with Crippen LogP contribution in [0.4, 0.5) is 5.69 Å². The van der Waals surface area contributed by atoms with Gasteiger partial charge in [-0.1, -0.05) is 0 Å². The molecule has 0 saturated carbocycles. The fourth-order valence-corrected chi connectivity index (χ4v) is 4.90. The van der Waals surface area contributed by atoms with E-state index in [9.17, 15) is 9.90 Å². The second kappa shape index (κ2) is 9.53. The van der Waals surface area contributed by atoms with Crippen LogP contribution in [0.2, 0.25) is 0 Å². The molecule has 0 bridgehead atoms. The molecule has 2 N–H and O–H groups in total. The van der Waals surface area contributed by atoms with Gasteiger partial charge in [-0.25, -0.2) is 4.98 Å². The van der Waals surface area contributed by atoms with E-state index in [1.807, 2.05) is 43.6 Å². The van der Waals surface area contributed by atoms with Gasteiger partial charge in [0.25, 0.3) is 0 Å². The number of carboxylic acid groups (broad SMARTS) is 1. The van der Waals surface area contributed by atoms with Gasteiger partial charge in [-0.05, 0) is 54.8 Å². The molecule has 4 aromatic heterocycles. The van der Waals surface area contributed by atoms with Gasteiger partial charge in [0.2, 0.25) is 0 Å². The molecule has 1 aliphatic rings.